The number of hydrogen-bond donors (Lipinski definition) is 1. The fraction of sp³-hybridized carbons (Fsp3) is 0.100. The zero-order chi connectivity index (χ0) is 9.26. The maximum atomic E-state index is 12.9. The lowest BCUT2D eigenvalue weighted by Gasteiger charge is -1.99. The van der Waals surface area contributed by atoms with E-state index in [0.29, 0.717) is 5.56 Å². The number of aromatic nitrogens is 2. The number of aromatic amines is 1. The molecule has 74 valence electrons. The van der Waals surface area contributed by atoms with Gasteiger partial charge < -0.3 is 4.98 Å². The number of benzene rings is 1. The lowest BCUT2D eigenvalue weighted by Crippen LogP contribution is -1.85. The summed E-state index contributed by atoms with van der Waals surface area (Å²) in [4.78, 5) is 7.05. The SMILES string of the molecule is Cc1cc(-c2ncc[nH]2)ccc1F.Cl. The van der Waals surface area contributed by atoms with Crippen LogP contribution in [0.3, 0.4) is 0 Å². The predicted molar refractivity (Wildman–Crippen MR) is 56.0 cm³/mol. The molecule has 1 N–H and O–H groups in total. The van der Waals surface area contributed by atoms with Crippen molar-refractivity contribution >= 4 is 12.4 Å². The highest BCUT2D eigenvalue weighted by Gasteiger charge is 2.02. The summed E-state index contributed by atoms with van der Waals surface area (Å²) >= 11 is 0. The molecule has 1 aromatic heterocycles. The number of imidazole rings is 1. The van der Waals surface area contributed by atoms with Crippen molar-refractivity contribution in [1.29, 1.82) is 0 Å². The molecule has 0 aliphatic heterocycles. The average molecular weight is 213 g/mol. The second-order valence-corrected chi connectivity index (χ2v) is 2.90. The average Bonchev–Trinajstić information content (AvgIpc) is 2.62. The standard InChI is InChI=1S/C10H9FN2.ClH/c1-7-6-8(2-3-9(7)11)10-12-4-5-13-10;/h2-6H,1H3,(H,12,13);1H. The van der Waals surface area contributed by atoms with E-state index < -0.39 is 0 Å². The number of hydrogen-bond acceptors (Lipinski definition) is 1. The predicted octanol–water partition coefficient (Wildman–Crippen LogP) is 2.95. The van der Waals surface area contributed by atoms with Crippen LogP contribution in [0.15, 0.2) is 30.6 Å². The van der Waals surface area contributed by atoms with E-state index in [2.05, 4.69) is 9.97 Å². The van der Waals surface area contributed by atoms with Crippen LogP contribution in [-0.2, 0) is 0 Å². The summed E-state index contributed by atoms with van der Waals surface area (Å²) in [5.41, 5.74) is 1.54. The third-order valence-corrected chi connectivity index (χ3v) is 1.93. The summed E-state index contributed by atoms with van der Waals surface area (Å²) in [6, 6.07) is 4.93. The molecule has 0 amide bonds. The van der Waals surface area contributed by atoms with Gasteiger partial charge in [0.05, 0.1) is 0 Å². The number of nitrogens with zero attached hydrogens (tertiary/aromatic N) is 1. The Bertz CT molecular complexity index is 412. The first-order chi connectivity index (χ1) is 6.27. The number of H-pyrrole nitrogens is 1. The number of nitrogens with one attached hydrogen (secondary N) is 1. The third kappa shape index (κ3) is 1.93. The Labute approximate surface area is 87.6 Å². The van der Waals surface area contributed by atoms with E-state index >= 15 is 0 Å². The molecule has 2 aromatic rings. The molecule has 0 saturated carbocycles. The molecule has 0 aliphatic carbocycles. The summed E-state index contributed by atoms with van der Waals surface area (Å²) < 4.78 is 12.9. The van der Waals surface area contributed by atoms with E-state index in [1.807, 2.05) is 0 Å². The van der Waals surface area contributed by atoms with Crippen LogP contribution < -0.4 is 0 Å². The van der Waals surface area contributed by atoms with E-state index in [4.69, 9.17) is 0 Å². The van der Waals surface area contributed by atoms with Gasteiger partial charge in [-0.25, -0.2) is 9.37 Å². The van der Waals surface area contributed by atoms with Crippen LogP contribution >= 0.6 is 12.4 Å². The summed E-state index contributed by atoms with van der Waals surface area (Å²) in [5, 5.41) is 0. The zero-order valence-corrected chi connectivity index (χ0v) is 8.44. The highest BCUT2D eigenvalue weighted by molar-refractivity contribution is 5.85. The van der Waals surface area contributed by atoms with Crippen molar-refractivity contribution in [3.05, 3.63) is 42.0 Å². The van der Waals surface area contributed by atoms with Gasteiger partial charge in [0.1, 0.15) is 11.6 Å². The second kappa shape index (κ2) is 4.24. The van der Waals surface area contributed by atoms with E-state index in [9.17, 15) is 4.39 Å². The smallest absolute Gasteiger partial charge is 0.137 e. The van der Waals surface area contributed by atoms with Crippen LogP contribution in [0.2, 0.25) is 0 Å². The summed E-state index contributed by atoms with van der Waals surface area (Å²) in [6.45, 7) is 1.74. The molecule has 0 unspecified atom stereocenters. The minimum Gasteiger partial charge on any atom is -0.345 e. The fourth-order valence-electron chi connectivity index (χ4n) is 1.22. The quantitative estimate of drug-likeness (QED) is 0.774. The van der Waals surface area contributed by atoms with Crippen LogP contribution in [0.25, 0.3) is 11.4 Å². The molecule has 0 fully saturated rings. The van der Waals surface area contributed by atoms with Gasteiger partial charge in [0, 0.05) is 18.0 Å². The molecule has 4 heteroatoms. The van der Waals surface area contributed by atoms with Crippen molar-refractivity contribution in [2.75, 3.05) is 0 Å². The Kier molecular flexibility index (Phi) is 3.25. The van der Waals surface area contributed by atoms with Crippen molar-refractivity contribution in [2.24, 2.45) is 0 Å². The van der Waals surface area contributed by atoms with Crippen LogP contribution in [0.1, 0.15) is 5.56 Å². The molecule has 2 nitrogen and oxygen atoms in total. The molecule has 0 saturated heterocycles. The maximum absolute atomic E-state index is 12.9. The summed E-state index contributed by atoms with van der Waals surface area (Å²) in [6.07, 6.45) is 3.42. The molecule has 0 bridgehead atoms. The Morgan fingerprint density at radius 1 is 1.36 bits per heavy atom. The van der Waals surface area contributed by atoms with Gasteiger partial charge in [0.25, 0.3) is 0 Å². The number of halogens is 2. The third-order valence-electron chi connectivity index (χ3n) is 1.93. The first-order valence-corrected chi connectivity index (χ1v) is 4.03. The van der Waals surface area contributed by atoms with Crippen LogP contribution in [0.5, 0.6) is 0 Å². The topological polar surface area (TPSA) is 28.7 Å². The first kappa shape index (κ1) is 10.7. The van der Waals surface area contributed by atoms with Gasteiger partial charge in [0.2, 0.25) is 0 Å². The lowest BCUT2D eigenvalue weighted by molar-refractivity contribution is 0.618. The molecule has 0 atom stereocenters. The Hall–Kier alpha value is -1.35. The highest BCUT2D eigenvalue weighted by Crippen LogP contribution is 2.17. The number of aryl methyl sites for hydroxylation is 1. The monoisotopic (exact) mass is 212 g/mol. The van der Waals surface area contributed by atoms with Crippen molar-refractivity contribution in [2.45, 2.75) is 6.92 Å². The molecule has 1 aromatic carbocycles. The maximum Gasteiger partial charge on any atom is 0.137 e. The minimum atomic E-state index is -0.185. The van der Waals surface area contributed by atoms with Gasteiger partial charge in [0.15, 0.2) is 0 Å². The lowest BCUT2D eigenvalue weighted by atomic mass is 10.1. The summed E-state index contributed by atoms with van der Waals surface area (Å²) in [5.74, 6) is 0.582. The van der Waals surface area contributed by atoms with Gasteiger partial charge in [-0.15, -0.1) is 12.4 Å². The Balaban J connectivity index is 0.000000980. The molecule has 0 spiro atoms. The Morgan fingerprint density at radius 2 is 2.14 bits per heavy atom. The molecule has 0 aliphatic rings. The van der Waals surface area contributed by atoms with Crippen LogP contribution in [0.4, 0.5) is 4.39 Å². The van der Waals surface area contributed by atoms with Gasteiger partial charge in [-0.3, -0.25) is 0 Å². The van der Waals surface area contributed by atoms with E-state index in [0.717, 1.165) is 11.4 Å². The molecule has 1 heterocycles. The van der Waals surface area contributed by atoms with Gasteiger partial charge in [-0.2, -0.15) is 0 Å². The highest BCUT2D eigenvalue weighted by atomic mass is 35.5. The molecular formula is C10H10ClFN2. The van der Waals surface area contributed by atoms with Gasteiger partial charge in [-0.1, -0.05) is 0 Å². The van der Waals surface area contributed by atoms with Crippen molar-refractivity contribution in [1.82, 2.24) is 9.97 Å². The fourth-order valence-corrected chi connectivity index (χ4v) is 1.22. The molecule has 0 radical (unpaired) electrons. The normalized spacial score (nSPS) is 9.57. The van der Waals surface area contributed by atoms with Crippen molar-refractivity contribution in [3.63, 3.8) is 0 Å². The van der Waals surface area contributed by atoms with E-state index in [1.165, 1.54) is 6.07 Å². The molecule has 2 rings (SSSR count). The van der Waals surface area contributed by atoms with Crippen molar-refractivity contribution in [3.8, 4) is 11.4 Å². The largest absolute Gasteiger partial charge is 0.345 e. The van der Waals surface area contributed by atoms with Crippen molar-refractivity contribution < 1.29 is 4.39 Å². The summed E-state index contributed by atoms with van der Waals surface area (Å²) in [7, 11) is 0. The zero-order valence-electron chi connectivity index (χ0n) is 7.62. The molecule has 14 heavy (non-hydrogen) atoms. The van der Waals surface area contributed by atoms with E-state index in [-0.39, 0.29) is 18.2 Å². The van der Waals surface area contributed by atoms with Gasteiger partial charge in [-0.05, 0) is 30.7 Å². The minimum absolute atomic E-state index is 0. The van der Waals surface area contributed by atoms with Crippen LogP contribution in [-0.4, -0.2) is 9.97 Å². The number of rotatable bonds is 1. The van der Waals surface area contributed by atoms with E-state index in [1.54, 1.807) is 31.5 Å². The second-order valence-electron chi connectivity index (χ2n) is 2.90. The van der Waals surface area contributed by atoms with Crippen LogP contribution in [0, 0.1) is 12.7 Å². The first-order valence-electron chi connectivity index (χ1n) is 4.03. The molecular weight excluding hydrogens is 203 g/mol. The van der Waals surface area contributed by atoms with Gasteiger partial charge >= 0.3 is 0 Å². The Morgan fingerprint density at radius 3 is 2.71 bits per heavy atom.